The third-order valence-corrected chi connectivity index (χ3v) is 3.77. The molecule has 0 unspecified atom stereocenters. The van der Waals surface area contributed by atoms with Crippen LogP contribution in [0.25, 0.3) is 11.4 Å². The van der Waals surface area contributed by atoms with Crippen LogP contribution >= 0.6 is 11.3 Å². The molecule has 0 saturated carbocycles. The number of pyridine rings is 2. The molecule has 4 nitrogen and oxygen atoms in total. The van der Waals surface area contributed by atoms with E-state index >= 15 is 0 Å². The number of aromatic nitrogens is 3. The summed E-state index contributed by atoms with van der Waals surface area (Å²) >= 11 is 1.54. The molecule has 0 radical (unpaired) electrons. The molecular weight excluding hydrogens is 270 g/mol. The Kier molecular flexibility index (Phi) is 3.43. The van der Waals surface area contributed by atoms with E-state index in [-0.39, 0.29) is 5.56 Å². The summed E-state index contributed by atoms with van der Waals surface area (Å²) in [4.78, 5) is 20.7. The standard InChI is InChI=1S/C15H13N3OS/c1-11-5-7-18(15(19)8-11)9-14-17-13(10-20-14)12-4-2-3-6-16-12/h2-8,10H,9H2,1H3. The summed E-state index contributed by atoms with van der Waals surface area (Å²) in [6.45, 7) is 2.41. The number of hydrogen-bond acceptors (Lipinski definition) is 4. The Morgan fingerprint density at radius 3 is 2.90 bits per heavy atom. The molecule has 0 fully saturated rings. The van der Waals surface area contributed by atoms with Crippen molar-refractivity contribution in [1.82, 2.24) is 14.5 Å². The lowest BCUT2D eigenvalue weighted by molar-refractivity contribution is 0.752. The second kappa shape index (κ2) is 5.38. The maximum absolute atomic E-state index is 11.8. The van der Waals surface area contributed by atoms with Crippen LogP contribution < -0.4 is 5.56 Å². The summed E-state index contributed by atoms with van der Waals surface area (Å²) in [5.41, 5.74) is 2.68. The van der Waals surface area contributed by atoms with Crippen molar-refractivity contribution in [2.45, 2.75) is 13.5 Å². The Bertz CT molecular complexity index is 777. The molecule has 0 spiro atoms. The van der Waals surface area contributed by atoms with E-state index in [0.29, 0.717) is 6.54 Å². The molecule has 5 heteroatoms. The molecule has 100 valence electrons. The fourth-order valence-corrected chi connectivity index (χ4v) is 2.68. The van der Waals surface area contributed by atoms with Crippen LogP contribution in [0.3, 0.4) is 0 Å². The van der Waals surface area contributed by atoms with Crippen molar-refractivity contribution >= 4 is 11.3 Å². The molecule has 0 saturated heterocycles. The monoisotopic (exact) mass is 283 g/mol. The highest BCUT2D eigenvalue weighted by Gasteiger charge is 2.06. The van der Waals surface area contributed by atoms with Gasteiger partial charge in [0, 0.05) is 23.8 Å². The minimum absolute atomic E-state index is 0.000383. The molecule has 0 aliphatic heterocycles. The highest BCUT2D eigenvalue weighted by atomic mass is 32.1. The van der Waals surface area contributed by atoms with Gasteiger partial charge in [0.05, 0.1) is 17.9 Å². The zero-order chi connectivity index (χ0) is 13.9. The summed E-state index contributed by atoms with van der Waals surface area (Å²) in [6, 6.07) is 9.30. The van der Waals surface area contributed by atoms with Crippen LogP contribution in [0.4, 0.5) is 0 Å². The molecule has 0 aliphatic carbocycles. The fourth-order valence-electron chi connectivity index (χ4n) is 1.90. The Balaban J connectivity index is 1.86. The van der Waals surface area contributed by atoms with Crippen LogP contribution in [-0.2, 0) is 6.54 Å². The second-order valence-electron chi connectivity index (χ2n) is 4.51. The lowest BCUT2D eigenvalue weighted by atomic mass is 10.3. The Labute approximate surface area is 120 Å². The summed E-state index contributed by atoms with van der Waals surface area (Å²) in [6.07, 6.45) is 3.55. The summed E-state index contributed by atoms with van der Waals surface area (Å²) < 4.78 is 1.66. The Morgan fingerprint density at radius 2 is 2.15 bits per heavy atom. The van der Waals surface area contributed by atoms with Crippen LogP contribution in [0.2, 0.25) is 0 Å². The maximum atomic E-state index is 11.8. The van der Waals surface area contributed by atoms with Gasteiger partial charge in [-0.15, -0.1) is 11.3 Å². The van der Waals surface area contributed by atoms with Crippen molar-refractivity contribution < 1.29 is 0 Å². The minimum Gasteiger partial charge on any atom is -0.309 e. The van der Waals surface area contributed by atoms with Crippen LogP contribution in [0.15, 0.2) is 52.9 Å². The van der Waals surface area contributed by atoms with Gasteiger partial charge in [-0.2, -0.15) is 0 Å². The highest BCUT2D eigenvalue weighted by molar-refractivity contribution is 7.09. The van der Waals surface area contributed by atoms with E-state index in [1.165, 1.54) is 0 Å². The topological polar surface area (TPSA) is 47.8 Å². The van der Waals surface area contributed by atoms with Crippen LogP contribution in [0, 0.1) is 6.92 Å². The zero-order valence-electron chi connectivity index (χ0n) is 11.0. The number of aryl methyl sites for hydroxylation is 1. The molecule has 20 heavy (non-hydrogen) atoms. The van der Waals surface area contributed by atoms with E-state index in [9.17, 15) is 4.79 Å². The van der Waals surface area contributed by atoms with Gasteiger partial charge in [-0.25, -0.2) is 4.98 Å². The fraction of sp³-hybridized carbons (Fsp3) is 0.133. The first kappa shape index (κ1) is 12.7. The summed E-state index contributed by atoms with van der Waals surface area (Å²) in [5, 5.41) is 2.87. The van der Waals surface area contributed by atoms with E-state index in [0.717, 1.165) is 22.0 Å². The lowest BCUT2D eigenvalue weighted by Gasteiger charge is -2.02. The molecule has 0 amide bonds. The van der Waals surface area contributed by atoms with Gasteiger partial charge in [0.1, 0.15) is 5.01 Å². The zero-order valence-corrected chi connectivity index (χ0v) is 11.8. The summed E-state index contributed by atoms with van der Waals surface area (Å²) in [5.74, 6) is 0. The van der Waals surface area contributed by atoms with Crippen LogP contribution in [0.5, 0.6) is 0 Å². The molecule has 0 N–H and O–H groups in total. The predicted octanol–water partition coefficient (Wildman–Crippen LogP) is 2.72. The number of hydrogen-bond donors (Lipinski definition) is 0. The van der Waals surface area contributed by atoms with Gasteiger partial charge < -0.3 is 4.57 Å². The van der Waals surface area contributed by atoms with Gasteiger partial charge in [0.2, 0.25) is 0 Å². The van der Waals surface area contributed by atoms with E-state index in [2.05, 4.69) is 9.97 Å². The highest BCUT2D eigenvalue weighted by Crippen LogP contribution is 2.19. The maximum Gasteiger partial charge on any atom is 0.251 e. The smallest absolute Gasteiger partial charge is 0.251 e. The Morgan fingerprint density at radius 1 is 1.25 bits per heavy atom. The molecule has 0 bridgehead atoms. The van der Waals surface area contributed by atoms with Crippen molar-refractivity contribution in [3.63, 3.8) is 0 Å². The van der Waals surface area contributed by atoms with Gasteiger partial charge in [0.15, 0.2) is 0 Å². The van der Waals surface area contributed by atoms with Gasteiger partial charge in [-0.05, 0) is 30.7 Å². The van der Waals surface area contributed by atoms with Crippen molar-refractivity contribution in [3.8, 4) is 11.4 Å². The molecule has 0 atom stereocenters. The first-order valence-corrected chi connectivity index (χ1v) is 7.13. The number of rotatable bonds is 3. The molecule has 0 aliphatic rings. The first-order chi connectivity index (χ1) is 9.72. The average molecular weight is 283 g/mol. The summed E-state index contributed by atoms with van der Waals surface area (Å²) in [7, 11) is 0. The molecule has 3 aromatic rings. The van der Waals surface area contributed by atoms with Gasteiger partial charge in [-0.1, -0.05) is 6.07 Å². The van der Waals surface area contributed by atoms with E-state index in [4.69, 9.17) is 0 Å². The molecule has 3 aromatic heterocycles. The van der Waals surface area contributed by atoms with Gasteiger partial charge >= 0.3 is 0 Å². The first-order valence-electron chi connectivity index (χ1n) is 6.25. The molecule has 3 rings (SSSR count). The van der Waals surface area contributed by atoms with Crippen LogP contribution in [0.1, 0.15) is 10.6 Å². The second-order valence-corrected chi connectivity index (χ2v) is 5.45. The van der Waals surface area contributed by atoms with E-state index in [1.807, 2.05) is 36.6 Å². The van der Waals surface area contributed by atoms with Crippen molar-refractivity contribution in [2.75, 3.05) is 0 Å². The lowest BCUT2D eigenvalue weighted by Crippen LogP contribution is -2.19. The van der Waals surface area contributed by atoms with E-state index in [1.54, 1.807) is 34.4 Å². The third-order valence-electron chi connectivity index (χ3n) is 2.94. The molecule has 0 aromatic carbocycles. The predicted molar refractivity (Wildman–Crippen MR) is 79.9 cm³/mol. The minimum atomic E-state index is -0.000383. The number of thiazole rings is 1. The van der Waals surface area contributed by atoms with Crippen molar-refractivity contribution in [1.29, 1.82) is 0 Å². The van der Waals surface area contributed by atoms with Gasteiger partial charge in [0.25, 0.3) is 5.56 Å². The largest absolute Gasteiger partial charge is 0.309 e. The van der Waals surface area contributed by atoms with Gasteiger partial charge in [-0.3, -0.25) is 9.78 Å². The molecular formula is C15H13N3OS. The quantitative estimate of drug-likeness (QED) is 0.742. The van der Waals surface area contributed by atoms with Crippen LogP contribution in [-0.4, -0.2) is 14.5 Å². The number of nitrogens with zero attached hydrogens (tertiary/aromatic N) is 3. The third kappa shape index (κ3) is 2.67. The Hall–Kier alpha value is -2.27. The average Bonchev–Trinajstić information content (AvgIpc) is 2.92. The van der Waals surface area contributed by atoms with Crippen molar-refractivity contribution in [2.24, 2.45) is 0 Å². The normalized spacial score (nSPS) is 10.7. The SMILES string of the molecule is Cc1ccn(Cc2nc(-c3ccccn3)cs2)c(=O)c1. The van der Waals surface area contributed by atoms with Crippen molar-refractivity contribution in [3.05, 3.63) is 69.0 Å². The molecule has 3 heterocycles. The van der Waals surface area contributed by atoms with E-state index < -0.39 is 0 Å².